The number of cyclic esters (lactones) is 2. The molecule has 0 saturated heterocycles. The van der Waals surface area contributed by atoms with Gasteiger partial charge in [-0.3, -0.25) is 24.0 Å². The van der Waals surface area contributed by atoms with Crippen LogP contribution in [0.25, 0.3) is 0 Å². The van der Waals surface area contributed by atoms with Gasteiger partial charge in [-0.05, 0) is 76.9 Å². The molecule has 23 heteroatoms. The molecule has 1 aliphatic heterocycles. The van der Waals surface area contributed by atoms with Gasteiger partial charge in [0.05, 0.1) is 33.0 Å². The van der Waals surface area contributed by atoms with E-state index in [1.54, 1.807) is 64.1 Å². The minimum atomic E-state index is -1.34. The Morgan fingerprint density at radius 1 is 0.872 bits per heavy atom. The van der Waals surface area contributed by atoms with Crippen LogP contribution in [0.3, 0.4) is 0 Å². The van der Waals surface area contributed by atoms with Gasteiger partial charge in [0.2, 0.25) is 28.5 Å². The molecule has 78 heavy (non-hydrogen) atoms. The summed E-state index contributed by atoms with van der Waals surface area (Å²) in [4.78, 5) is 117. The second kappa shape index (κ2) is 36.5. The van der Waals surface area contributed by atoms with Crippen molar-refractivity contribution in [3.8, 4) is 0 Å². The van der Waals surface area contributed by atoms with Crippen LogP contribution in [-0.2, 0) is 68.4 Å². The molecule has 436 valence electrons. The van der Waals surface area contributed by atoms with Gasteiger partial charge >= 0.3 is 18.0 Å². The van der Waals surface area contributed by atoms with Crippen molar-refractivity contribution in [1.82, 2.24) is 36.0 Å². The Morgan fingerprint density at radius 3 is 2.09 bits per heavy atom. The van der Waals surface area contributed by atoms with Crippen LogP contribution in [0.15, 0.2) is 58.7 Å². The molecule has 6 amide bonds. The standard InChI is InChI=1S/C55H87N9O14/c1-13-36(5)47-50(67)60-41(10)54(71)78-48(37(6)14-2)39(8)44(77-55(72)57-24-18-26-73-28-30-75-31-29-74-27-19-25-58-62-56)23-22-38(7)53(70)76-45(32-35(3)4)49(66)59-40(9)51(68)64(12)43(33-42-20-16-15-17-21-42)52(69)63(11)34-46(65)61-47/h14-17,20-22,35-36,39-41,43-45,47-48,56H,13,18-19,23-34H2,1-12H3,(H3-,57,59,60,61,65,66,67,72)/p+1/b37-14+,38-22+/t36-,39+,40+,41-,43-,44+,45-,47+,48-/m1/s1. The molecule has 0 aromatic heterocycles. The molecule has 0 saturated carbocycles. The fourth-order valence-corrected chi connectivity index (χ4v) is 8.06. The summed E-state index contributed by atoms with van der Waals surface area (Å²) in [6.07, 6.45) is 0.676. The molecule has 5 N–H and O–H groups in total. The highest BCUT2D eigenvalue weighted by Crippen LogP contribution is 2.26. The highest BCUT2D eigenvalue weighted by molar-refractivity contribution is 5.96. The van der Waals surface area contributed by atoms with Gasteiger partial charge in [0.1, 0.15) is 53.6 Å². The fraction of sp³-hybridized carbons (Fsp3) is 0.673. The molecule has 0 radical (unpaired) electrons. The predicted octanol–water partition coefficient (Wildman–Crippen LogP) is 4.35. The van der Waals surface area contributed by atoms with Crippen molar-refractivity contribution < 1.29 is 66.8 Å². The van der Waals surface area contributed by atoms with Gasteiger partial charge in [0.25, 0.3) is 5.91 Å². The molecular weight excluding hydrogens is 1010 g/mol. The van der Waals surface area contributed by atoms with Gasteiger partial charge in [0, 0.05) is 58.2 Å². The minimum absolute atomic E-state index is 0.0558. The maximum Gasteiger partial charge on any atom is 0.407 e. The Bertz CT molecular complexity index is 2200. The van der Waals surface area contributed by atoms with Crippen LogP contribution < -0.4 is 26.2 Å². The quantitative estimate of drug-likeness (QED) is 0.0270. The Labute approximate surface area is 460 Å². The van der Waals surface area contributed by atoms with Crippen molar-refractivity contribution in [1.29, 1.82) is 5.53 Å². The summed E-state index contributed by atoms with van der Waals surface area (Å²) in [5.74, 6) is -6.32. The van der Waals surface area contributed by atoms with Crippen LogP contribution in [0.2, 0.25) is 0 Å². The number of ether oxygens (including phenoxy) is 6. The number of alkyl carbamates (subject to hydrolysis) is 1. The number of hydrogen-bond donors (Lipinski definition) is 5. The molecule has 0 aliphatic carbocycles. The molecule has 0 bridgehead atoms. The van der Waals surface area contributed by atoms with E-state index in [0.717, 1.165) is 10.5 Å². The number of allylic oxidation sites excluding steroid dienone is 1. The number of carbonyl (C=O) groups excluding carboxylic acids is 8. The monoisotopic (exact) mass is 1100 g/mol. The van der Waals surface area contributed by atoms with Crippen molar-refractivity contribution in [3.05, 3.63) is 59.2 Å². The lowest BCUT2D eigenvalue weighted by molar-refractivity contribution is -0.155. The van der Waals surface area contributed by atoms with E-state index in [9.17, 15) is 38.4 Å². The van der Waals surface area contributed by atoms with E-state index in [1.807, 2.05) is 20.8 Å². The van der Waals surface area contributed by atoms with E-state index in [4.69, 9.17) is 34.0 Å². The number of carbonyl (C=O) groups is 8. The highest BCUT2D eigenvalue weighted by Gasteiger charge is 2.37. The van der Waals surface area contributed by atoms with Gasteiger partial charge in [-0.1, -0.05) is 83.5 Å². The van der Waals surface area contributed by atoms with Crippen molar-refractivity contribution >= 4 is 47.6 Å². The molecule has 0 unspecified atom stereocenters. The van der Waals surface area contributed by atoms with Crippen molar-refractivity contribution in [2.24, 2.45) is 22.9 Å². The largest absolute Gasteiger partial charge is 0.456 e. The molecule has 1 aromatic carbocycles. The number of rotatable bonds is 22. The summed E-state index contributed by atoms with van der Waals surface area (Å²) < 4.78 is 34.5. The zero-order chi connectivity index (χ0) is 58.3. The first-order chi connectivity index (χ1) is 37.1. The number of nitrogens with zero attached hydrogens (tertiary/aromatic N) is 4. The first-order valence-corrected chi connectivity index (χ1v) is 26.9. The van der Waals surface area contributed by atoms with E-state index >= 15 is 0 Å². The fourth-order valence-electron chi connectivity index (χ4n) is 8.06. The molecule has 23 nitrogen and oxygen atoms in total. The van der Waals surface area contributed by atoms with Crippen molar-refractivity contribution in [2.75, 3.05) is 73.4 Å². The number of benzene rings is 1. The van der Waals surface area contributed by atoms with Gasteiger partial charge in [-0.25, -0.2) is 14.4 Å². The van der Waals surface area contributed by atoms with E-state index in [0.29, 0.717) is 71.0 Å². The molecule has 1 aliphatic rings. The molecule has 9 atom stereocenters. The smallest absolute Gasteiger partial charge is 0.407 e. The van der Waals surface area contributed by atoms with Crippen molar-refractivity contribution in [3.63, 3.8) is 0 Å². The minimum Gasteiger partial charge on any atom is -0.456 e. The number of likely N-dealkylation sites (N-methyl/N-ethyl adjacent to an activating group) is 2. The van der Waals surface area contributed by atoms with E-state index in [2.05, 4.69) is 31.3 Å². The zero-order valence-corrected chi connectivity index (χ0v) is 47.9. The lowest BCUT2D eigenvalue weighted by Gasteiger charge is -2.33. The number of nitrogens with one attached hydrogen (secondary N) is 5. The van der Waals surface area contributed by atoms with Gasteiger partial charge in [0.15, 0.2) is 6.10 Å². The summed E-state index contributed by atoms with van der Waals surface area (Å²) in [5, 5.41) is 14.4. The van der Waals surface area contributed by atoms with E-state index < -0.39 is 108 Å². The maximum atomic E-state index is 14.3. The van der Waals surface area contributed by atoms with Crippen LogP contribution in [-0.4, -0.2) is 173 Å². The number of hydrogen-bond acceptors (Lipinski definition) is 16. The second-order valence-electron chi connectivity index (χ2n) is 20.0. The number of amides is 6. The van der Waals surface area contributed by atoms with Crippen molar-refractivity contribution in [2.45, 2.75) is 150 Å². The highest BCUT2D eigenvalue weighted by atomic mass is 16.6. The third-order valence-electron chi connectivity index (χ3n) is 13.2. The van der Waals surface area contributed by atoms with Crippen LogP contribution in [0.1, 0.15) is 107 Å². The lowest BCUT2D eigenvalue weighted by Crippen LogP contribution is -2.57. The van der Waals surface area contributed by atoms with Gasteiger partial charge < -0.3 is 59.5 Å². The Balaban J connectivity index is 2.49. The first kappa shape index (κ1) is 67.6. The summed E-state index contributed by atoms with van der Waals surface area (Å²) in [6.45, 7) is 19.2. The third kappa shape index (κ3) is 24.4. The summed E-state index contributed by atoms with van der Waals surface area (Å²) >= 11 is 0. The molecule has 0 fully saturated rings. The summed E-state index contributed by atoms with van der Waals surface area (Å²) in [5.41, 5.74) is 8.03. The Morgan fingerprint density at radius 2 is 1.49 bits per heavy atom. The lowest BCUT2D eigenvalue weighted by atomic mass is 9.90. The molecule has 1 heterocycles. The van der Waals surface area contributed by atoms with Crippen LogP contribution in [0.4, 0.5) is 4.79 Å². The molecular formula is C55H88N9O14+. The van der Waals surface area contributed by atoms with Crippen LogP contribution >= 0.6 is 0 Å². The average molecular weight is 1100 g/mol. The van der Waals surface area contributed by atoms with E-state index in [-0.39, 0.29) is 37.3 Å². The normalized spacial score (nSPS) is 24.4. The summed E-state index contributed by atoms with van der Waals surface area (Å²) in [6, 6.07) is 4.26. The van der Waals surface area contributed by atoms with Crippen LogP contribution in [0, 0.1) is 23.3 Å². The molecule has 2 rings (SSSR count). The molecule has 1 aromatic rings. The average Bonchev–Trinajstić information content (AvgIpc) is 3.41. The zero-order valence-electron chi connectivity index (χ0n) is 47.9. The third-order valence-corrected chi connectivity index (χ3v) is 13.2. The SMILES string of the molecule is C/C=C(\C)[C@H]1OC(=O)[C@@H](C)NC(=O)[C@H]([C@H](C)CC)NC(=O)CN(C)C(=O)[C@@H](Cc2ccccc2)N(C)C(=O)[C@H](C)NC(=O)[C@@H](CC(C)C)OC(=O)/C(C)=C/C[C@H](OC(=O)NCCCOCCOCCOCCCN=[N+]=N)[C@@H]1C. The first-order valence-electron chi connectivity index (χ1n) is 26.9. The maximum absolute atomic E-state index is 14.3. The topological polar surface area (TPSA) is 297 Å². The van der Waals surface area contributed by atoms with Crippen LogP contribution in [0.5, 0.6) is 0 Å². The van der Waals surface area contributed by atoms with Gasteiger partial charge in [-0.2, -0.15) is 0 Å². The Hall–Kier alpha value is -6.55. The summed E-state index contributed by atoms with van der Waals surface area (Å²) in [7, 11) is 2.83. The van der Waals surface area contributed by atoms with Gasteiger partial charge in [-0.15, -0.1) is 0 Å². The Kier molecular flexibility index (Phi) is 31.6. The predicted molar refractivity (Wildman–Crippen MR) is 289 cm³/mol. The van der Waals surface area contributed by atoms with E-state index in [1.165, 1.54) is 45.8 Å². The second-order valence-corrected chi connectivity index (χ2v) is 20.0. The number of esters is 2. The molecule has 0 spiro atoms.